The Morgan fingerprint density at radius 2 is 2.12 bits per heavy atom. The van der Waals surface area contributed by atoms with E-state index in [1.807, 2.05) is 6.92 Å². The van der Waals surface area contributed by atoms with Gasteiger partial charge in [0.05, 0.1) is 18.2 Å². The molecule has 2 heterocycles. The molecule has 0 fully saturated rings. The Morgan fingerprint density at radius 3 is 2.84 bits per heavy atom. The molecule has 1 amide bonds. The first-order valence-electron chi connectivity index (χ1n) is 7.73. The first-order valence-corrected chi connectivity index (χ1v) is 7.73. The highest BCUT2D eigenvalue weighted by Crippen LogP contribution is 2.21. The van der Waals surface area contributed by atoms with Crippen molar-refractivity contribution in [2.45, 2.75) is 19.4 Å². The lowest BCUT2D eigenvalue weighted by Gasteiger charge is -2.14. The van der Waals surface area contributed by atoms with Crippen molar-refractivity contribution in [3.05, 3.63) is 72.2 Å². The zero-order valence-corrected chi connectivity index (χ0v) is 13.6. The Morgan fingerprint density at radius 1 is 1.28 bits per heavy atom. The van der Waals surface area contributed by atoms with Crippen molar-refractivity contribution in [2.24, 2.45) is 0 Å². The number of aromatic nitrogens is 3. The minimum absolute atomic E-state index is 0.194. The van der Waals surface area contributed by atoms with E-state index in [4.69, 9.17) is 0 Å². The number of amides is 1. The number of pyridine rings is 1. The second kappa shape index (κ2) is 7.23. The molecule has 0 saturated heterocycles. The number of aryl methyl sites for hydroxylation is 1. The van der Waals surface area contributed by atoms with Gasteiger partial charge in [-0.2, -0.15) is 0 Å². The molecule has 1 unspecified atom stereocenters. The summed E-state index contributed by atoms with van der Waals surface area (Å²) in [5.74, 6) is 0.408. The van der Waals surface area contributed by atoms with Gasteiger partial charge in [0.2, 0.25) is 5.91 Å². The van der Waals surface area contributed by atoms with Gasteiger partial charge in [0.15, 0.2) is 5.82 Å². The number of anilines is 1. The molecule has 1 atom stereocenters. The van der Waals surface area contributed by atoms with E-state index in [9.17, 15) is 14.3 Å². The third-order valence-electron chi connectivity index (χ3n) is 3.73. The molecule has 0 aliphatic carbocycles. The van der Waals surface area contributed by atoms with Crippen molar-refractivity contribution in [1.82, 2.24) is 14.5 Å². The normalized spacial score (nSPS) is 12.0. The van der Waals surface area contributed by atoms with Gasteiger partial charge in [-0.25, -0.2) is 14.4 Å². The minimum atomic E-state index is -1.09. The Bertz CT molecular complexity index is 894. The molecule has 0 spiro atoms. The summed E-state index contributed by atoms with van der Waals surface area (Å²) in [7, 11) is 0. The van der Waals surface area contributed by atoms with Gasteiger partial charge in [-0.1, -0.05) is 12.1 Å². The highest BCUT2D eigenvalue weighted by Gasteiger charge is 2.16. The van der Waals surface area contributed by atoms with Crippen LogP contribution in [0.2, 0.25) is 0 Å². The summed E-state index contributed by atoms with van der Waals surface area (Å²) < 4.78 is 15.0. The van der Waals surface area contributed by atoms with Gasteiger partial charge in [0.1, 0.15) is 11.6 Å². The molecular weight excluding hydrogens is 323 g/mol. The van der Waals surface area contributed by atoms with Crippen molar-refractivity contribution in [1.29, 1.82) is 0 Å². The lowest BCUT2D eigenvalue weighted by Crippen LogP contribution is -2.17. The number of carbonyl (C=O) groups is 1. The first-order chi connectivity index (χ1) is 12.0. The molecule has 2 aromatic heterocycles. The standard InChI is InChI=1S/C18H17FN4O2/c1-12-20-8-9-23(12)18-15(6-3-7-21-18)22-17(25)11-16(24)13-4-2-5-14(19)10-13/h2-10,16,24H,11H2,1H3,(H,22,25). The van der Waals surface area contributed by atoms with Crippen molar-refractivity contribution in [3.8, 4) is 5.82 Å². The number of benzene rings is 1. The largest absolute Gasteiger partial charge is 0.388 e. The molecule has 6 nitrogen and oxygen atoms in total. The van der Waals surface area contributed by atoms with E-state index in [0.717, 1.165) is 5.82 Å². The van der Waals surface area contributed by atoms with Crippen molar-refractivity contribution < 1.29 is 14.3 Å². The number of nitrogens with zero attached hydrogens (tertiary/aromatic N) is 3. The van der Waals surface area contributed by atoms with Gasteiger partial charge in [0.25, 0.3) is 0 Å². The van der Waals surface area contributed by atoms with Crippen LogP contribution in [0.3, 0.4) is 0 Å². The second-order valence-corrected chi connectivity index (χ2v) is 5.54. The number of aliphatic hydroxyl groups excluding tert-OH is 1. The SMILES string of the molecule is Cc1nccn1-c1ncccc1NC(=O)CC(O)c1cccc(F)c1. The van der Waals surface area contributed by atoms with Crippen LogP contribution in [0.1, 0.15) is 23.9 Å². The molecule has 0 saturated carbocycles. The van der Waals surface area contributed by atoms with Gasteiger partial charge in [-0.3, -0.25) is 9.36 Å². The van der Waals surface area contributed by atoms with E-state index in [-0.39, 0.29) is 6.42 Å². The number of nitrogens with one attached hydrogen (secondary N) is 1. The van der Waals surface area contributed by atoms with Gasteiger partial charge >= 0.3 is 0 Å². The van der Waals surface area contributed by atoms with Crippen LogP contribution < -0.4 is 5.32 Å². The Labute approximate surface area is 144 Å². The number of imidazole rings is 1. The van der Waals surface area contributed by atoms with Gasteiger partial charge in [0, 0.05) is 18.6 Å². The smallest absolute Gasteiger partial charge is 0.227 e. The molecule has 0 aliphatic rings. The number of hydrogen-bond donors (Lipinski definition) is 2. The van der Waals surface area contributed by atoms with Gasteiger partial charge in [-0.15, -0.1) is 0 Å². The lowest BCUT2D eigenvalue weighted by atomic mass is 10.1. The topological polar surface area (TPSA) is 80.0 Å². The molecule has 3 aromatic rings. The Balaban J connectivity index is 1.75. The fourth-order valence-electron chi connectivity index (χ4n) is 2.50. The average Bonchev–Trinajstić information content (AvgIpc) is 3.01. The zero-order chi connectivity index (χ0) is 17.8. The summed E-state index contributed by atoms with van der Waals surface area (Å²) in [5, 5.41) is 12.9. The molecule has 0 aliphatic heterocycles. The van der Waals surface area contributed by atoms with Crippen LogP contribution in [0, 0.1) is 12.7 Å². The summed E-state index contributed by atoms with van der Waals surface area (Å²) in [6.45, 7) is 1.83. The van der Waals surface area contributed by atoms with Crippen LogP contribution in [-0.2, 0) is 4.79 Å². The van der Waals surface area contributed by atoms with E-state index in [0.29, 0.717) is 17.1 Å². The molecule has 0 radical (unpaired) electrons. The third kappa shape index (κ3) is 3.89. The summed E-state index contributed by atoms with van der Waals surface area (Å²) in [6, 6.07) is 8.98. The van der Waals surface area contributed by atoms with E-state index in [1.165, 1.54) is 18.2 Å². The van der Waals surface area contributed by atoms with Crippen LogP contribution in [0.5, 0.6) is 0 Å². The monoisotopic (exact) mass is 340 g/mol. The fraction of sp³-hybridized carbons (Fsp3) is 0.167. The summed E-state index contributed by atoms with van der Waals surface area (Å²) in [6.07, 6.45) is 3.72. The molecule has 0 bridgehead atoms. The first kappa shape index (κ1) is 16.8. The number of hydrogen-bond acceptors (Lipinski definition) is 4. The van der Waals surface area contributed by atoms with E-state index in [1.54, 1.807) is 41.4 Å². The third-order valence-corrected chi connectivity index (χ3v) is 3.73. The van der Waals surface area contributed by atoms with Crippen LogP contribution >= 0.6 is 0 Å². The average molecular weight is 340 g/mol. The van der Waals surface area contributed by atoms with Gasteiger partial charge < -0.3 is 10.4 Å². The van der Waals surface area contributed by atoms with Crippen LogP contribution in [0.15, 0.2) is 55.0 Å². The van der Waals surface area contributed by atoms with E-state index < -0.39 is 17.8 Å². The van der Waals surface area contributed by atoms with Crippen LogP contribution in [0.4, 0.5) is 10.1 Å². The van der Waals surface area contributed by atoms with Crippen molar-refractivity contribution >= 4 is 11.6 Å². The lowest BCUT2D eigenvalue weighted by molar-refractivity contribution is -0.118. The summed E-state index contributed by atoms with van der Waals surface area (Å²) in [5.41, 5.74) is 0.854. The van der Waals surface area contributed by atoms with E-state index >= 15 is 0 Å². The van der Waals surface area contributed by atoms with Crippen LogP contribution in [-0.4, -0.2) is 25.5 Å². The maximum atomic E-state index is 13.2. The quantitative estimate of drug-likeness (QED) is 0.748. The van der Waals surface area contributed by atoms with E-state index in [2.05, 4.69) is 15.3 Å². The van der Waals surface area contributed by atoms with Crippen LogP contribution in [0.25, 0.3) is 5.82 Å². The zero-order valence-electron chi connectivity index (χ0n) is 13.6. The van der Waals surface area contributed by atoms with Crippen molar-refractivity contribution in [3.63, 3.8) is 0 Å². The predicted molar refractivity (Wildman–Crippen MR) is 90.7 cm³/mol. The molecule has 1 aromatic carbocycles. The number of halogens is 1. The predicted octanol–water partition coefficient (Wildman–Crippen LogP) is 2.78. The molecule has 3 rings (SSSR count). The maximum Gasteiger partial charge on any atom is 0.227 e. The molecular formula is C18H17FN4O2. The molecule has 25 heavy (non-hydrogen) atoms. The Hall–Kier alpha value is -3.06. The number of aliphatic hydroxyl groups is 1. The second-order valence-electron chi connectivity index (χ2n) is 5.54. The highest BCUT2D eigenvalue weighted by molar-refractivity contribution is 5.92. The maximum absolute atomic E-state index is 13.2. The van der Waals surface area contributed by atoms with Gasteiger partial charge in [-0.05, 0) is 36.8 Å². The number of carbonyl (C=O) groups excluding carboxylic acids is 1. The summed E-state index contributed by atoms with van der Waals surface area (Å²) in [4.78, 5) is 20.7. The number of rotatable bonds is 5. The molecule has 2 N–H and O–H groups in total. The summed E-state index contributed by atoms with van der Waals surface area (Å²) >= 11 is 0. The molecule has 7 heteroatoms. The highest BCUT2D eigenvalue weighted by atomic mass is 19.1. The Kier molecular flexibility index (Phi) is 4.85. The van der Waals surface area contributed by atoms with Crippen molar-refractivity contribution in [2.75, 3.05) is 5.32 Å². The fourth-order valence-corrected chi connectivity index (χ4v) is 2.50. The minimum Gasteiger partial charge on any atom is -0.388 e. The molecule has 128 valence electrons.